The molecule has 1 unspecified atom stereocenters. The van der Waals surface area contributed by atoms with Gasteiger partial charge in [-0.2, -0.15) is 0 Å². The number of hydrogen-bond acceptors (Lipinski definition) is 0. The third kappa shape index (κ3) is 23.5. The molecular weight excluding hydrogens is 324 g/mol. The Morgan fingerprint density at radius 3 is 1.33 bits per heavy atom. The fourth-order valence-corrected chi connectivity index (χ4v) is 3.63. The van der Waals surface area contributed by atoms with E-state index in [1.54, 1.807) is 0 Å². The lowest BCUT2D eigenvalue weighted by Crippen LogP contribution is -1.90. The van der Waals surface area contributed by atoms with Crippen LogP contribution in [0.5, 0.6) is 0 Å². The van der Waals surface area contributed by atoms with Gasteiger partial charge in [-0.25, -0.2) is 0 Å². The van der Waals surface area contributed by atoms with E-state index in [0.717, 1.165) is 19.3 Å². The van der Waals surface area contributed by atoms with Crippen LogP contribution < -0.4 is 0 Å². The summed E-state index contributed by atoms with van der Waals surface area (Å²) in [6.45, 7) is 10.1. The molecule has 0 heterocycles. The summed E-state index contributed by atoms with van der Waals surface area (Å²) >= 11 is 0. The summed E-state index contributed by atoms with van der Waals surface area (Å²) in [6.07, 6.45) is 28.2. The van der Waals surface area contributed by atoms with Crippen LogP contribution in [0.25, 0.3) is 0 Å². The van der Waals surface area contributed by atoms with Gasteiger partial charge >= 0.3 is 0 Å². The molecule has 0 aromatic rings. The van der Waals surface area contributed by atoms with Crippen molar-refractivity contribution >= 4 is 0 Å². The van der Waals surface area contributed by atoms with E-state index >= 15 is 0 Å². The summed E-state index contributed by atoms with van der Waals surface area (Å²) in [5.74, 6) is 7.50. The van der Waals surface area contributed by atoms with Gasteiger partial charge in [-0.15, -0.1) is 11.8 Å². The first-order valence-corrected chi connectivity index (χ1v) is 12.4. The lowest BCUT2D eigenvalue weighted by Gasteiger charge is -2.04. The Kier molecular flexibility index (Phi) is 23.2. The minimum atomic E-state index is 0.596. The minimum absolute atomic E-state index is 0.596. The molecule has 0 spiro atoms. The Morgan fingerprint density at radius 2 is 0.889 bits per heavy atom. The molecule has 0 rings (SSSR count). The molecule has 0 saturated carbocycles. The normalized spacial score (nSPS) is 12.0. The van der Waals surface area contributed by atoms with Crippen LogP contribution in [-0.2, 0) is 0 Å². The van der Waals surface area contributed by atoms with Crippen molar-refractivity contribution in [3.63, 3.8) is 0 Å². The molecule has 0 saturated heterocycles. The van der Waals surface area contributed by atoms with Crippen molar-refractivity contribution in [2.75, 3.05) is 0 Å². The van der Waals surface area contributed by atoms with Gasteiger partial charge < -0.3 is 0 Å². The molecule has 0 aliphatic heterocycles. The van der Waals surface area contributed by atoms with E-state index < -0.39 is 0 Å². The number of rotatable bonds is 20. The van der Waals surface area contributed by atoms with Crippen LogP contribution in [0.15, 0.2) is 0 Å². The molecule has 0 bridgehead atoms. The van der Waals surface area contributed by atoms with Gasteiger partial charge in [-0.1, -0.05) is 136 Å². The summed E-state index contributed by atoms with van der Waals surface area (Å²) in [4.78, 5) is 0. The van der Waals surface area contributed by atoms with Crippen molar-refractivity contribution in [3.05, 3.63) is 13.8 Å². The third-order valence-electron chi connectivity index (χ3n) is 5.54. The van der Waals surface area contributed by atoms with Crippen LogP contribution in [0.4, 0.5) is 0 Å². The Morgan fingerprint density at radius 1 is 0.519 bits per heavy atom. The quantitative estimate of drug-likeness (QED) is 0.147. The molecule has 0 aromatic carbocycles. The van der Waals surface area contributed by atoms with Gasteiger partial charge in [0.05, 0.1) is 0 Å². The average molecular weight is 375 g/mol. The van der Waals surface area contributed by atoms with E-state index in [1.807, 2.05) is 0 Å². The zero-order valence-electron chi connectivity index (χ0n) is 18.8. The van der Waals surface area contributed by atoms with Crippen molar-refractivity contribution in [1.29, 1.82) is 0 Å². The fourth-order valence-electron chi connectivity index (χ4n) is 3.63. The number of hydrogen-bond donors (Lipinski definition) is 0. The highest BCUT2D eigenvalue weighted by atomic mass is 14.0. The zero-order valence-corrected chi connectivity index (χ0v) is 18.8. The van der Waals surface area contributed by atoms with Crippen LogP contribution in [-0.4, -0.2) is 0 Å². The summed E-state index contributed by atoms with van der Waals surface area (Å²) in [5.41, 5.74) is 0. The largest absolute Gasteiger partial charge is 0.103 e. The second-order valence-corrected chi connectivity index (χ2v) is 8.48. The van der Waals surface area contributed by atoms with Gasteiger partial charge in [0, 0.05) is 12.3 Å². The van der Waals surface area contributed by atoms with Gasteiger partial charge in [0.2, 0.25) is 0 Å². The van der Waals surface area contributed by atoms with Crippen molar-refractivity contribution in [1.82, 2.24) is 0 Å². The molecule has 0 fully saturated rings. The maximum Gasteiger partial charge on any atom is 0.0174 e. The molecule has 1 atom stereocenters. The highest BCUT2D eigenvalue weighted by molar-refractivity contribution is 5.02. The Bertz CT molecular complexity index is 319. The summed E-state index contributed by atoms with van der Waals surface area (Å²) < 4.78 is 0. The van der Waals surface area contributed by atoms with E-state index in [0.29, 0.717) is 5.92 Å². The second kappa shape index (κ2) is 23.6. The molecule has 0 nitrogen and oxygen atoms in total. The maximum atomic E-state index is 3.90. The minimum Gasteiger partial charge on any atom is -0.103 e. The molecule has 0 aliphatic carbocycles. The predicted molar refractivity (Wildman–Crippen MR) is 125 cm³/mol. The SMILES string of the molecule is [CH2]CCCCCCCCCCCCCC#CC(C)CCCCCCCC[CH2]. The average Bonchev–Trinajstić information content (AvgIpc) is 2.67. The van der Waals surface area contributed by atoms with E-state index in [9.17, 15) is 0 Å². The van der Waals surface area contributed by atoms with Gasteiger partial charge in [-0.3, -0.25) is 0 Å². The summed E-state index contributed by atoms with van der Waals surface area (Å²) in [5, 5.41) is 0. The van der Waals surface area contributed by atoms with Crippen LogP contribution in [0.3, 0.4) is 0 Å². The highest BCUT2D eigenvalue weighted by Gasteiger charge is 1.97. The molecule has 27 heavy (non-hydrogen) atoms. The predicted octanol–water partition coefficient (Wildman–Crippen LogP) is 9.49. The molecule has 0 aliphatic rings. The molecule has 2 radical (unpaired) electrons. The van der Waals surface area contributed by atoms with E-state index in [4.69, 9.17) is 0 Å². The highest BCUT2D eigenvalue weighted by Crippen LogP contribution is 2.13. The fraction of sp³-hybridized carbons (Fsp3) is 0.852. The topological polar surface area (TPSA) is 0 Å². The van der Waals surface area contributed by atoms with Crippen molar-refractivity contribution in [3.8, 4) is 11.8 Å². The first kappa shape index (κ1) is 26.6. The third-order valence-corrected chi connectivity index (χ3v) is 5.54. The van der Waals surface area contributed by atoms with Gasteiger partial charge in [0.15, 0.2) is 0 Å². The Balaban J connectivity index is 3.24. The zero-order chi connectivity index (χ0) is 19.8. The van der Waals surface area contributed by atoms with E-state index in [2.05, 4.69) is 32.6 Å². The first-order chi connectivity index (χ1) is 13.3. The van der Waals surface area contributed by atoms with E-state index in [-0.39, 0.29) is 0 Å². The molecule has 0 N–H and O–H groups in total. The van der Waals surface area contributed by atoms with Gasteiger partial charge in [0.25, 0.3) is 0 Å². The van der Waals surface area contributed by atoms with Crippen LogP contribution in [0.2, 0.25) is 0 Å². The lowest BCUT2D eigenvalue weighted by molar-refractivity contribution is 0.545. The summed E-state index contributed by atoms with van der Waals surface area (Å²) in [7, 11) is 0. The molecule has 0 aromatic heterocycles. The van der Waals surface area contributed by atoms with Crippen LogP contribution >= 0.6 is 0 Å². The van der Waals surface area contributed by atoms with Crippen LogP contribution in [0, 0.1) is 31.6 Å². The second-order valence-electron chi connectivity index (χ2n) is 8.48. The maximum absolute atomic E-state index is 3.90. The van der Waals surface area contributed by atoms with Crippen molar-refractivity contribution < 1.29 is 0 Å². The van der Waals surface area contributed by atoms with Crippen LogP contribution in [0.1, 0.15) is 142 Å². The molecule has 158 valence electrons. The Hall–Kier alpha value is -0.440. The monoisotopic (exact) mass is 374 g/mol. The summed E-state index contributed by atoms with van der Waals surface area (Å²) in [6, 6.07) is 0. The molecule has 0 amide bonds. The van der Waals surface area contributed by atoms with Gasteiger partial charge in [-0.05, 0) is 12.8 Å². The van der Waals surface area contributed by atoms with Gasteiger partial charge in [0.1, 0.15) is 0 Å². The standard InChI is InChI=1S/C27H50/c1-4-6-8-10-12-13-14-15-16-17-18-20-22-24-26-27(3)25-23-21-19-11-9-7-5-2/h27H,1-2,4-23,25H2,3H3. The Labute approximate surface area is 173 Å². The van der Waals surface area contributed by atoms with Crippen molar-refractivity contribution in [2.45, 2.75) is 142 Å². The first-order valence-electron chi connectivity index (χ1n) is 12.4. The molecule has 0 heteroatoms. The van der Waals surface area contributed by atoms with E-state index in [1.165, 1.54) is 116 Å². The number of unbranched alkanes of at least 4 members (excludes halogenated alkanes) is 18. The smallest absolute Gasteiger partial charge is 0.0174 e. The lowest BCUT2D eigenvalue weighted by atomic mass is 10.0. The molecular formula is C27H50. The van der Waals surface area contributed by atoms with Crippen molar-refractivity contribution in [2.24, 2.45) is 5.92 Å².